The van der Waals surface area contributed by atoms with Crippen LogP contribution in [0.1, 0.15) is 12.5 Å². The van der Waals surface area contributed by atoms with Crippen LogP contribution in [0.5, 0.6) is 0 Å². The van der Waals surface area contributed by atoms with Gasteiger partial charge in [0.1, 0.15) is 0 Å². The third-order valence-corrected chi connectivity index (χ3v) is 5.30. The summed E-state index contributed by atoms with van der Waals surface area (Å²) < 4.78 is 7.84. The standard InChI is InChI=1S/C19H21NO2S.ClH/c1-13(20(2)3)11-22-12-14-8-9-18-16(10-14)19(21)15-6-4-5-7-17(15)23-18;/h4-10,13H,11-12H2,1-3H3;1H. The fourth-order valence-electron chi connectivity index (χ4n) is 2.44. The lowest BCUT2D eigenvalue weighted by Gasteiger charge is -2.19. The third-order valence-electron chi connectivity index (χ3n) is 4.15. The van der Waals surface area contributed by atoms with Crippen molar-refractivity contribution in [2.45, 2.75) is 19.6 Å². The molecule has 1 unspecified atom stereocenters. The maximum Gasteiger partial charge on any atom is 0.195 e. The van der Waals surface area contributed by atoms with Crippen molar-refractivity contribution < 1.29 is 4.74 Å². The number of hydrogen-bond acceptors (Lipinski definition) is 4. The van der Waals surface area contributed by atoms with Crippen molar-refractivity contribution in [3.8, 4) is 0 Å². The maximum absolute atomic E-state index is 12.7. The molecule has 0 radical (unpaired) electrons. The number of halogens is 1. The normalized spacial score (nSPS) is 12.5. The monoisotopic (exact) mass is 363 g/mol. The molecule has 1 aromatic heterocycles. The number of nitrogens with zero attached hydrogens (tertiary/aromatic N) is 1. The molecule has 0 bridgehead atoms. The van der Waals surface area contributed by atoms with E-state index in [4.69, 9.17) is 4.74 Å². The fourth-order valence-corrected chi connectivity index (χ4v) is 3.49. The Morgan fingerprint density at radius 2 is 1.79 bits per heavy atom. The molecule has 3 nitrogen and oxygen atoms in total. The van der Waals surface area contributed by atoms with E-state index in [1.165, 1.54) is 0 Å². The molecule has 1 atom stereocenters. The second kappa shape index (κ2) is 8.08. The van der Waals surface area contributed by atoms with Gasteiger partial charge in [-0.3, -0.25) is 4.79 Å². The number of rotatable bonds is 5. The lowest BCUT2D eigenvalue weighted by atomic mass is 10.1. The van der Waals surface area contributed by atoms with Crippen LogP contribution in [-0.4, -0.2) is 31.6 Å². The van der Waals surface area contributed by atoms with E-state index in [9.17, 15) is 4.79 Å². The van der Waals surface area contributed by atoms with Gasteiger partial charge in [0.2, 0.25) is 0 Å². The average molecular weight is 364 g/mol. The number of ether oxygens (including phenoxy) is 1. The first kappa shape index (κ1) is 18.9. The Labute approximate surface area is 152 Å². The van der Waals surface area contributed by atoms with Crippen LogP contribution in [0.25, 0.3) is 20.2 Å². The van der Waals surface area contributed by atoms with E-state index < -0.39 is 0 Å². The molecule has 3 rings (SSSR count). The average Bonchev–Trinajstić information content (AvgIpc) is 2.55. The number of fused-ring (bicyclic) bond motifs is 2. The molecule has 0 saturated carbocycles. The van der Waals surface area contributed by atoms with Crippen molar-refractivity contribution in [3.05, 3.63) is 58.3 Å². The Morgan fingerprint density at radius 1 is 1.08 bits per heavy atom. The quantitative estimate of drug-likeness (QED) is 0.633. The molecule has 0 N–H and O–H groups in total. The van der Waals surface area contributed by atoms with E-state index >= 15 is 0 Å². The van der Waals surface area contributed by atoms with E-state index in [0.717, 1.165) is 25.7 Å². The summed E-state index contributed by atoms with van der Waals surface area (Å²) in [5.74, 6) is 0. The van der Waals surface area contributed by atoms with Crippen molar-refractivity contribution in [2.75, 3.05) is 20.7 Å². The zero-order valence-electron chi connectivity index (χ0n) is 14.1. The van der Waals surface area contributed by atoms with E-state index in [1.54, 1.807) is 11.3 Å². The molecular weight excluding hydrogens is 342 g/mol. The van der Waals surface area contributed by atoms with Crippen LogP contribution in [0.3, 0.4) is 0 Å². The Bertz CT molecular complexity index is 891. The lowest BCUT2D eigenvalue weighted by Crippen LogP contribution is -2.29. The minimum atomic E-state index is 0. The van der Waals surface area contributed by atoms with Gasteiger partial charge in [-0.05, 0) is 50.8 Å². The zero-order valence-corrected chi connectivity index (χ0v) is 15.7. The van der Waals surface area contributed by atoms with E-state index in [2.05, 4.69) is 11.8 Å². The molecule has 0 fully saturated rings. The van der Waals surface area contributed by atoms with Gasteiger partial charge in [0.15, 0.2) is 5.43 Å². The SMILES string of the molecule is CC(COCc1ccc2sc3ccccc3c(=O)c2c1)N(C)C.Cl. The molecule has 0 aliphatic heterocycles. The maximum atomic E-state index is 12.7. The highest BCUT2D eigenvalue weighted by molar-refractivity contribution is 7.24. The number of hydrogen-bond donors (Lipinski definition) is 0. The van der Waals surface area contributed by atoms with Crippen LogP contribution in [0.4, 0.5) is 0 Å². The van der Waals surface area contributed by atoms with E-state index in [-0.39, 0.29) is 17.8 Å². The summed E-state index contributed by atoms with van der Waals surface area (Å²) in [7, 11) is 4.08. The third kappa shape index (κ3) is 3.95. The number of benzene rings is 2. The summed E-state index contributed by atoms with van der Waals surface area (Å²) in [6.07, 6.45) is 0. The molecule has 1 heterocycles. The van der Waals surface area contributed by atoms with Gasteiger partial charge in [0.05, 0.1) is 13.2 Å². The summed E-state index contributed by atoms with van der Waals surface area (Å²) in [6.45, 7) is 3.34. The van der Waals surface area contributed by atoms with Gasteiger partial charge >= 0.3 is 0 Å². The highest BCUT2D eigenvalue weighted by Gasteiger charge is 2.08. The van der Waals surface area contributed by atoms with Gasteiger partial charge in [-0.25, -0.2) is 0 Å². The zero-order chi connectivity index (χ0) is 16.4. The second-order valence-electron chi connectivity index (χ2n) is 6.09. The van der Waals surface area contributed by atoms with Gasteiger partial charge in [-0.1, -0.05) is 18.2 Å². The van der Waals surface area contributed by atoms with Crippen LogP contribution < -0.4 is 5.43 Å². The molecule has 24 heavy (non-hydrogen) atoms. The van der Waals surface area contributed by atoms with Crippen molar-refractivity contribution in [2.24, 2.45) is 0 Å². The van der Waals surface area contributed by atoms with Crippen molar-refractivity contribution in [3.63, 3.8) is 0 Å². The topological polar surface area (TPSA) is 29.5 Å². The minimum Gasteiger partial charge on any atom is -0.375 e. The predicted molar refractivity (Wildman–Crippen MR) is 106 cm³/mol. The largest absolute Gasteiger partial charge is 0.375 e. The molecule has 0 aliphatic rings. The highest BCUT2D eigenvalue weighted by Crippen LogP contribution is 2.25. The summed E-state index contributed by atoms with van der Waals surface area (Å²) >= 11 is 1.66. The molecule has 0 saturated heterocycles. The Balaban J connectivity index is 0.00000208. The summed E-state index contributed by atoms with van der Waals surface area (Å²) in [5, 5.41) is 1.58. The Hall–Kier alpha value is -1.46. The van der Waals surface area contributed by atoms with Crippen molar-refractivity contribution in [1.82, 2.24) is 4.90 Å². The minimum absolute atomic E-state index is 0. The van der Waals surface area contributed by atoms with Crippen LogP contribution >= 0.6 is 23.7 Å². The molecule has 5 heteroatoms. The second-order valence-corrected chi connectivity index (χ2v) is 7.17. The fraction of sp³-hybridized carbons (Fsp3) is 0.316. The molecular formula is C19H22ClNO2S. The van der Waals surface area contributed by atoms with Crippen LogP contribution in [-0.2, 0) is 11.3 Å². The molecule has 128 valence electrons. The molecule has 0 aliphatic carbocycles. The van der Waals surface area contributed by atoms with Crippen LogP contribution in [0.15, 0.2) is 47.3 Å². The smallest absolute Gasteiger partial charge is 0.195 e. The van der Waals surface area contributed by atoms with E-state index in [1.807, 2.05) is 56.6 Å². The molecule has 2 aromatic carbocycles. The summed E-state index contributed by atoms with van der Waals surface area (Å²) in [4.78, 5) is 14.8. The first-order valence-electron chi connectivity index (χ1n) is 7.75. The first-order valence-corrected chi connectivity index (χ1v) is 8.56. The highest BCUT2D eigenvalue weighted by atomic mass is 35.5. The van der Waals surface area contributed by atoms with Crippen molar-refractivity contribution >= 4 is 43.9 Å². The van der Waals surface area contributed by atoms with Gasteiger partial charge in [0, 0.05) is 26.2 Å². The summed E-state index contributed by atoms with van der Waals surface area (Å²) in [5.41, 5.74) is 1.15. The van der Waals surface area contributed by atoms with E-state index in [0.29, 0.717) is 19.3 Å². The lowest BCUT2D eigenvalue weighted by molar-refractivity contribution is 0.0751. The van der Waals surface area contributed by atoms with Gasteiger partial charge in [-0.15, -0.1) is 23.7 Å². The first-order chi connectivity index (χ1) is 11.1. The Morgan fingerprint density at radius 3 is 2.54 bits per heavy atom. The van der Waals surface area contributed by atoms with Crippen LogP contribution in [0.2, 0.25) is 0 Å². The molecule has 0 spiro atoms. The van der Waals surface area contributed by atoms with Gasteiger partial charge in [0.25, 0.3) is 0 Å². The molecule has 0 amide bonds. The van der Waals surface area contributed by atoms with Crippen molar-refractivity contribution in [1.29, 1.82) is 0 Å². The van der Waals surface area contributed by atoms with Gasteiger partial charge < -0.3 is 9.64 Å². The summed E-state index contributed by atoms with van der Waals surface area (Å²) in [6, 6.07) is 14.2. The van der Waals surface area contributed by atoms with Crippen LogP contribution in [0, 0.1) is 0 Å². The Kier molecular flexibility index (Phi) is 6.35. The van der Waals surface area contributed by atoms with Gasteiger partial charge in [-0.2, -0.15) is 0 Å². The predicted octanol–water partition coefficient (Wildman–Crippen LogP) is 4.30. The molecule has 3 aromatic rings. The number of likely N-dealkylation sites (N-methyl/N-ethyl adjacent to an activating group) is 1.